The number of hydrogen-bond donors (Lipinski definition) is 0. The van der Waals surface area contributed by atoms with Gasteiger partial charge in [0.25, 0.3) is 0 Å². The number of aromatic nitrogens is 3. The summed E-state index contributed by atoms with van der Waals surface area (Å²) in [6.07, 6.45) is 4.18. The Balaban J connectivity index is 0.000000162. The maximum absolute atomic E-state index is 12.9. The van der Waals surface area contributed by atoms with Crippen molar-refractivity contribution in [3.63, 3.8) is 0 Å². The highest BCUT2D eigenvalue weighted by Gasteiger charge is 2.30. The van der Waals surface area contributed by atoms with Crippen LogP contribution in [0.3, 0.4) is 0 Å². The lowest BCUT2D eigenvalue weighted by atomic mass is 10.1. The Labute approximate surface area is 295 Å². The van der Waals surface area contributed by atoms with Crippen LogP contribution in [0.5, 0.6) is 0 Å². The first-order valence-electron chi connectivity index (χ1n) is 17.1. The molecule has 3 heterocycles. The third kappa shape index (κ3) is 5.97. The summed E-state index contributed by atoms with van der Waals surface area (Å²) in [6.45, 7) is 6.19. The number of benzene rings is 4. The fourth-order valence-corrected chi connectivity index (χ4v) is 6.80. The Morgan fingerprint density at radius 3 is 1.76 bits per heavy atom. The molecular weight excluding hydrogens is 642 g/mol. The zero-order valence-corrected chi connectivity index (χ0v) is 28.7. The van der Waals surface area contributed by atoms with Crippen LogP contribution >= 0.6 is 0 Å². The Morgan fingerprint density at radius 2 is 1.12 bits per heavy atom. The predicted octanol–water partition coefficient (Wildman–Crippen LogP) is 8.99. The molecule has 0 atom stereocenters. The van der Waals surface area contributed by atoms with Crippen LogP contribution in [0.25, 0.3) is 44.3 Å². The summed E-state index contributed by atoms with van der Waals surface area (Å²) in [5.74, 6) is -0.750. The number of carbonyl (C=O) groups excluding carboxylic acids is 3. The highest BCUT2D eigenvalue weighted by molar-refractivity contribution is 6.18. The van der Waals surface area contributed by atoms with Crippen LogP contribution in [0.1, 0.15) is 52.9 Å². The largest absolute Gasteiger partial charge is 0.461 e. The van der Waals surface area contributed by atoms with Crippen LogP contribution in [0.4, 0.5) is 4.79 Å². The molecule has 9 nitrogen and oxygen atoms in total. The summed E-state index contributed by atoms with van der Waals surface area (Å²) in [5, 5.41) is 1.65. The van der Waals surface area contributed by atoms with Crippen molar-refractivity contribution in [1.29, 1.82) is 0 Å². The minimum atomic E-state index is -0.523. The van der Waals surface area contributed by atoms with E-state index in [-0.39, 0.29) is 19.2 Å². The molecule has 4 aromatic carbocycles. The summed E-state index contributed by atoms with van der Waals surface area (Å²) in [4.78, 5) is 38.3. The van der Waals surface area contributed by atoms with Gasteiger partial charge in [0.15, 0.2) is 5.69 Å². The lowest BCUT2D eigenvalue weighted by molar-refractivity contribution is 0.0507. The first kappa shape index (κ1) is 33.2. The minimum Gasteiger partial charge on any atom is -0.461 e. The fourth-order valence-electron chi connectivity index (χ4n) is 6.80. The van der Waals surface area contributed by atoms with Gasteiger partial charge in [-0.2, -0.15) is 0 Å². The molecule has 0 spiro atoms. The fraction of sp³-hybridized carbons (Fsp3) is 0.167. The van der Waals surface area contributed by atoms with E-state index < -0.39 is 12.1 Å². The second-order valence-corrected chi connectivity index (χ2v) is 11.8. The van der Waals surface area contributed by atoms with Crippen molar-refractivity contribution in [3.8, 4) is 22.5 Å². The standard InChI is InChI=1S/C22H20N2O4.C20H17NO2/c1-3-27-21(25)20-19-17(14-23(20)15-10-6-5-7-11-15)16-12-8-9-13-18(16)24(19)22(26)28-4-2;1-2-23-20(22)19-17-12-14-8-6-7-11-16(14)18(17)13-21(19)15-9-4-3-5-10-15/h5-14H,3-4H2,1-2H3;3-11,13H,2,12H2,1H3. The van der Waals surface area contributed by atoms with Crippen molar-refractivity contribution in [2.24, 2.45) is 0 Å². The second kappa shape index (κ2) is 14.2. The maximum Gasteiger partial charge on any atom is 0.419 e. The number of hydrogen-bond acceptors (Lipinski definition) is 6. The summed E-state index contributed by atoms with van der Waals surface area (Å²) >= 11 is 0. The molecule has 256 valence electrons. The monoisotopic (exact) mass is 679 g/mol. The first-order chi connectivity index (χ1) is 25.0. The van der Waals surface area contributed by atoms with Gasteiger partial charge in [0.2, 0.25) is 0 Å². The molecule has 0 unspecified atom stereocenters. The van der Waals surface area contributed by atoms with Crippen LogP contribution in [0.15, 0.2) is 122 Å². The molecule has 0 N–H and O–H groups in total. The van der Waals surface area contributed by atoms with Crippen molar-refractivity contribution in [1.82, 2.24) is 13.7 Å². The van der Waals surface area contributed by atoms with Gasteiger partial charge in [-0.3, -0.25) is 0 Å². The van der Waals surface area contributed by atoms with E-state index in [1.165, 1.54) is 15.7 Å². The molecule has 0 saturated heterocycles. The van der Waals surface area contributed by atoms with Gasteiger partial charge in [0.1, 0.15) is 5.69 Å². The van der Waals surface area contributed by atoms with E-state index in [1.54, 1.807) is 18.4 Å². The van der Waals surface area contributed by atoms with E-state index in [4.69, 9.17) is 14.2 Å². The molecule has 1 aliphatic carbocycles. The Hall–Kier alpha value is -6.35. The smallest absolute Gasteiger partial charge is 0.419 e. The number of fused-ring (bicyclic) bond motifs is 6. The van der Waals surface area contributed by atoms with E-state index in [0.29, 0.717) is 29.0 Å². The third-order valence-electron chi connectivity index (χ3n) is 8.88. The van der Waals surface area contributed by atoms with Crippen molar-refractivity contribution >= 4 is 39.8 Å². The van der Waals surface area contributed by atoms with E-state index in [9.17, 15) is 14.4 Å². The second-order valence-electron chi connectivity index (χ2n) is 11.8. The zero-order valence-electron chi connectivity index (χ0n) is 28.7. The molecule has 0 saturated carbocycles. The average Bonchev–Trinajstić information content (AvgIpc) is 3.90. The van der Waals surface area contributed by atoms with E-state index >= 15 is 0 Å². The van der Waals surface area contributed by atoms with Crippen LogP contribution < -0.4 is 0 Å². The van der Waals surface area contributed by atoms with Gasteiger partial charge in [0.05, 0.1) is 30.9 Å². The molecule has 9 heteroatoms. The average molecular weight is 680 g/mol. The van der Waals surface area contributed by atoms with Crippen LogP contribution in [0.2, 0.25) is 0 Å². The normalized spacial score (nSPS) is 11.4. The molecule has 0 radical (unpaired) electrons. The van der Waals surface area contributed by atoms with Crippen molar-refractivity contribution in [3.05, 3.63) is 144 Å². The molecule has 0 aliphatic heterocycles. The van der Waals surface area contributed by atoms with Gasteiger partial charge < -0.3 is 23.3 Å². The van der Waals surface area contributed by atoms with Gasteiger partial charge in [-0.25, -0.2) is 19.0 Å². The molecule has 1 aliphatic rings. The van der Waals surface area contributed by atoms with Gasteiger partial charge in [-0.15, -0.1) is 0 Å². The van der Waals surface area contributed by atoms with Crippen molar-refractivity contribution in [2.75, 3.05) is 19.8 Å². The first-order valence-corrected chi connectivity index (χ1v) is 17.1. The number of nitrogens with zero attached hydrogens (tertiary/aromatic N) is 3. The van der Waals surface area contributed by atoms with E-state index in [2.05, 4.69) is 18.3 Å². The number of rotatable bonds is 7. The number of carbonyl (C=O) groups is 3. The van der Waals surface area contributed by atoms with E-state index in [1.807, 2.05) is 115 Å². The van der Waals surface area contributed by atoms with E-state index in [0.717, 1.165) is 39.7 Å². The van der Waals surface area contributed by atoms with Gasteiger partial charge in [0, 0.05) is 46.5 Å². The number of esters is 2. The summed E-state index contributed by atoms with van der Waals surface area (Å²) < 4.78 is 21.1. The van der Waals surface area contributed by atoms with Gasteiger partial charge >= 0.3 is 18.0 Å². The number of para-hydroxylation sites is 3. The summed E-state index contributed by atoms with van der Waals surface area (Å²) in [7, 11) is 0. The maximum atomic E-state index is 12.9. The molecular formula is C42H37N3O6. The molecule has 0 fully saturated rings. The molecule has 8 rings (SSSR count). The predicted molar refractivity (Wildman–Crippen MR) is 197 cm³/mol. The summed E-state index contributed by atoms with van der Waals surface area (Å²) in [5.41, 5.74) is 8.57. The molecule has 0 amide bonds. The molecule has 51 heavy (non-hydrogen) atoms. The number of ether oxygens (including phenoxy) is 3. The Kier molecular flexibility index (Phi) is 9.26. The Bertz CT molecular complexity index is 2380. The Morgan fingerprint density at radius 1 is 0.569 bits per heavy atom. The topological polar surface area (TPSA) is 93.7 Å². The molecule has 3 aromatic heterocycles. The minimum absolute atomic E-state index is 0.236. The van der Waals surface area contributed by atoms with Crippen LogP contribution in [-0.2, 0) is 20.6 Å². The van der Waals surface area contributed by atoms with Crippen LogP contribution in [-0.4, -0.2) is 51.6 Å². The highest BCUT2D eigenvalue weighted by atomic mass is 16.6. The van der Waals surface area contributed by atoms with Gasteiger partial charge in [-0.05, 0) is 67.8 Å². The quantitative estimate of drug-likeness (QED) is 0.123. The lowest BCUT2D eigenvalue weighted by Gasteiger charge is -2.11. The van der Waals surface area contributed by atoms with Gasteiger partial charge in [-0.1, -0.05) is 78.9 Å². The molecule has 0 bridgehead atoms. The SMILES string of the molecule is CCOC(=O)c1c2c(cn1-c1ccccc1)-c1ccccc1C2.CCOC(=O)c1c2c(cn1-c1ccccc1)c1ccccc1n2C(=O)OCC. The highest BCUT2D eigenvalue weighted by Crippen LogP contribution is 2.41. The lowest BCUT2D eigenvalue weighted by Crippen LogP contribution is -2.17. The van der Waals surface area contributed by atoms with Crippen LogP contribution in [0, 0.1) is 0 Å². The van der Waals surface area contributed by atoms with Crippen molar-refractivity contribution < 1.29 is 28.6 Å². The summed E-state index contributed by atoms with van der Waals surface area (Å²) in [6, 6.07) is 35.3. The zero-order chi connectivity index (χ0) is 35.5. The van der Waals surface area contributed by atoms with Crippen molar-refractivity contribution in [2.45, 2.75) is 27.2 Å². The third-order valence-corrected chi connectivity index (χ3v) is 8.88. The molecule has 7 aromatic rings.